The first-order valence-electron chi connectivity index (χ1n) is 9.38. The maximum Gasteiger partial charge on any atom is 0.251 e. The molecular formula is C21H21ClN4O3. The van der Waals surface area contributed by atoms with E-state index in [0.717, 1.165) is 18.4 Å². The Morgan fingerprint density at radius 3 is 2.83 bits per heavy atom. The molecule has 2 aromatic rings. The van der Waals surface area contributed by atoms with Crippen molar-refractivity contribution in [2.75, 3.05) is 20.2 Å². The van der Waals surface area contributed by atoms with E-state index in [2.05, 4.69) is 21.9 Å². The van der Waals surface area contributed by atoms with Gasteiger partial charge in [0.05, 0.1) is 36.2 Å². The molecule has 1 saturated carbocycles. The highest BCUT2D eigenvalue weighted by atomic mass is 35.5. The Balaban J connectivity index is 1.70. The van der Waals surface area contributed by atoms with Crippen molar-refractivity contribution in [2.45, 2.75) is 24.5 Å². The number of morpholine rings is 1. The quantitative estimate of drug-likeness (QED) is 0.616. The zero-order valence-corrected chi connectivity index (χ0v) is 16.8. The van der Waals surface area contributed by atoms with Crippen LogP contribution in [-0.4, -0.2) is 52.5 Å². The topological polar surface area (TPSA) is 84.4 Å². The number of hydrogen-bond acceptors (Lipinski definition) is 5. The molecular weight excluding hydrogens is 392 g/mol. The van der Waals surface area contributed by atoms with Crippen LogP contribution in [-0.2, 0) is 9.53 Å². The first kappa shape index (κ1) is 19.5. The van der Waals surface area contributed by atoms with Crippen molar-refractivity contribution < 1.29 is 14.3 Å². The molecule has 3 heterocycles. The summed E-state index contributed by atoms with van der Waals surface area (Å²) < 4.78 is 6.06. The van der Waals surface area contributed by atoms with Gasteiger partial charge in [-0.25, -0.2) is 4.98 Å². The number of halogens is 1. The van der Waals surface area contributed by atoms with Gasteiger partial charge >= 0.3 is 0 Å². The number of hydrogen-bond donors (Lipinski definition) is 1. The monoisotopic (exact) mass is 412 g/mol. The van der Waals surface area contributed by atoms with E-state index in [1.807, 2.05) is 6.07 Å². The zero-order valence-electron chi connectivity index (χ0n) is 16.0. The third-order valence-electron chi connectivity index (χ3n) is 5.36. The Labute approximate surface area is 173 Å². The molecule has 2 amide bonds. The van der Waals surface area contributed by atoms with Crippen LogP contribution in [0, 0.1) is 0 Å². The Hall–Kier alpha value is -2.77. The molecule has 0 aromatic carbocycles. The molecule has 29 heavy (non-hydrogen) atoms. The molecule has 2 aliphatic rings. The number of rotatable bonds is 4. The van der Waals surface area contributed by atoms with E-state index in [1.165, 1.54) is 6.08 Å². The third-order valence-corrected chi connectivity index (χ3v) is 5.55. The fourth-order valence-corrected chi connectivity index (χ4v) is 3.79. The lowest BCUT2D eigenvalue weighted by atomic mass is 10.0. The number of amides is 2. The van der Waals surface area contributed by atoms with E-state index in [9.17, 15) is 9.59 Å². The van der Waals surface area contributed by atoms with Crippen LogP contribution in [0.3, 0.4) is 0 Å². The Morgan fingerprint density at radius 2 is 2.14 bits per heavy atom. The largest absolute Gasteiger partial charge is 0.371 e. The molecule has 1 aliphatic carbocycles. The van der Waals surface area contributed by atoms with Gasteiger partial charge in [0, 0.05) is 18.8 Å². The average Bonchev–Trinajstić information content (AvgIpc) is 3.50. The van der Waals surface area contributed by atoms with Crippen molar-refractivity contribution in [2.24, 2.45) is 0 Å². The minimum absolute atomic E-state index is 0.140. The summed E-state index contributed by atoms with van der Waals surface area (Å²) in [5.74, 6) is -0.354. The van der Waals surface area contributed by atoms with E-state index >= 15 is 0 Å². The molecule has 1 aliphatic heterocycles. The van der Waals surface area contributed by atoms with Gasteiger partial charge in [-0.05, 0) is 48.7 Å². The summed E-state index contributed by atoms with van der Waals surface area (Å²) in [5, 5.41) is 2.87. The Bertz CT molecular complexity index is 990. The minimum atomic E-state index is -0.298. The number of nitrogens with one attached hydrogen (secondary N) is 1. The fraction of sp³-hybridized carbons (Fsp3) is 0.333. The molecule has 0 unspecified atom stereocenters. The van der Waals surface area contributed by atoms with E-state index in [0.29, 0.717) is 30.1 Å². The van der Waals surface area contributed by atoms with Gasteiger partial charge in [-0.1, -0.05) is 18.2 Å². The van der Waals surface area contributed by atoms with E-state index < -0.39 is 0 Å². The van der Waals surface area contributed by atoms with Crippen LogP contribution in [0.1, 0.15) is 34.8 Å². The van der Waals surface area contributed by atoms with Crippen molar-refractivity contribution in [3.8, 4) is 11.4 Å². The Morgan fingerprint density at radius 1 is 1.34 bits per heavy atom. The molecule has 7 nitrogen and oxygen atoms in total. The smallest absolute Gasteiger partial charge is 0.251 e. The van der Waals surface area contributed by atoms with Crippen molar-refractivity contribution in [3.05, 3.63) is 59.4 Å². The molecule has 1 N–H and O–H groups in total. The molecule has 150 valence electrons. The summed E-state index contributed by atoms with van der Waals surface area (Å²) >= 11 is 6.30. The maximum absolute atomic E-state index is 12.5. The van der Waals surface area contributed by atoms with Gasteiger partial charge in [0.25, 0.3) is 5.91 Å². The number of carbonyl (C=O) groups is 2. The molecule has 1 saturated heterocycles. The van der Waals surface area contributed by atoms with E-state index in [1.54, 1.807) is 36.3 Å². The summed E-state index contributed by atoms with van der Waals surface area (Å²) in [5.41, 5.74) is 2.11. The van der Waals surface area contributed by atoms with Gasteiger partial charge in [-0.3, -0.25) is 14.6 Å². The second-order valence-electron chi connectivity index (χ2n) is 7.30. The van der Waals surface area contributed by atoms with Gasteiger partial charge in [0.1, 0.15) is 5.15 Å². The summed E-state index contributed by atoms with van der Waals surface area (Å²) in [6.07, 6.45) is 4.79. The molecule has 8 heteroatoms. The third kappa shape index (κ3) is 3.88. The molecule has 4 rings (SSSR count). The van der Waals surface area contributed by atoms with Gasteiger partial charge < -0.3 is 15.0 Å². The van der Waals surface area contributed by atoms with Crippen LogP contribution in [0.2, 0.25) is 5.15 Å². The number of ether oxygens (including phenoxy) is 1. The normalized spacial score (nSPS) is 19.7. The molecule has 1 spiro atoms. The molecule has 0 bridgehead atoms. The first-order chi connectivity index (χ1) is 13.9. The standard InChI is InChI=1S/C21H21ClN4O3/c1-3-19(27)26-12-21(5-6-21)29-11-17(26)14-9-16(25-18(22)10-14)15-8-13(4-7-24-15)20(28)23-2/h3-4,7-10,17H,1,5-6,11-12H2,2H3,(H,23,28)/t17-/m0/s1. The van der Waals surface area contributed by atoms with Gasteiger partial charge in [-0.2, -0.15) is 0 Å². The lowest BCUT2D eigenvalue weighted by Gasteiger charge is -2.40. The van der Waals surface area contributed by atoms with Crippen LogP contribution < -0.4 is 5.32 Å². The summed E-state index contributed by atoms with van der Waals surface area (Å²) in [7, 11) is 1.57. The number of nitrogens with zero attached hydrogens (tertiary/aromatic N) is 3. The van der Waals surface area contributed by atoms with E-state index in [4.69, 9.17) is 16.3 Å². The minimum Gasteiger partial charge on any atom is -0.371 e. The highest BCUT2D eigenvalue weighted by Crippen LogP contribution is 2.46. The first-order valence-corrected chi connectivity index (χ1v) is 9.75. The second-order valence-corrected chi connectivity index (χ2v) is 7.68. The van der Waals surface area contributed by atoms with Gasteiger partial charge in [0.2, 0.25) is 5.91 Å². The van der Waals surface area contributed by atoms with Gasteiger partial charge in [0.15, 0.2) is 0 Å². The predicted molar refractivity (Wildman–Crippen MR) is 108 cm³/mol. The summed E-state index contributed by atoms with van der Waals surface area (Å²) in [6, 6.07) is 6.56. The number of carbonyl (C=O) groups excluding carboxylic acids is 2. The summed E-state index contributed by atoms with van der Waals surface area (Å²) in [6.45, 7) is 4.54. The van der Waals surface area contributed by atoms with Crippen LogP contribution in [0.25, 0.3) is 11.4 Å². The molecule has 1 atom stereocenters. The highest BCUT2D eigenvalue weighted by molar-refractivity contribution is 6.29. The van der Waals surface area contributed by atoms with Crippen molar-refractivity contribution in [1.82, 2.24) is 20.2 Å². The number of pyridine rings is 2. The van der Waals surface area contributed by atoms with Crippen LogP contribution in [0.4, 0.5) is 0 Å². The number of aromatic nitrogens is 2. The van der Waals surface area contributed by atoms with E-state index in [-0.39, 0.29) is 28.6 Å². The zero-order chi connectivity index (χ0) is 20.6. The molecule has 0 radical (unpaired) electrons. The van der Waals surface area contributed by atoms with Crippen molar-refractivity contribution in [3.63, 3.8) is 0 Å². The average molecular weight is 413 g/mol. The van der Waals surface area contributed by atoms with Crippen molar-refractivity contribution >= 4 is 23.4 Å². The van der Waals surface area contributed by atoms with Gasteiger partial charge in [-0.15, -0.1) is 0 Å². The van der Waals surface area contributed by atoms with Crippen LogP contribution >= 0.6 is 11.6 Å². The van der Waals surface area contributed by atoms with Crippen LogP contribution in [0.15, 0.2) is 43.1 Å². The highest BCUT2D eigenvalue weighted by Gasteiger charge is 2.51. The maximum atomic E-state index is 12.5. The fourth-order valence-electron chi connectivity index (χ4n) is 3.58. The Kier molecular flexibility index (Phi) is 5.10. The van der Waals surface area contributed by atoms with Crippen LogP contribution in [0.5, 0.6) is 0 Å². The second kappa shape index (κ2) is 7.57. The molecule has 2 aromatic heterocycles. The lowest BCUT2D eigenvalue weighted by molar-refractivity contribution is -0.143. The lowest BCUT2D eigenvalue weighted by Crippen LogP contribution is -2.48. The molecule has 2 fully saturated rings. The summed E-state index contributed by atoms with van der Waals surface area (Å²) in [4.78, 5) is 34.9. The van der Waals surface area contributed by atoms with Crippen molar-refractivity contribution in [1.29, 1.82) is 0 Å². The predicted octanol–water partition coefficient (Wildman–Crippen LogP) is 2.78. The SMILES string of the molecule is C=CC(=O)N1CC2(CC2)OC[C@H]1c1cc(Cl)nc(-c2cc(C(=O)NC)ccn2)c1.